The Labute approximate surface area is 118 Å². The van der Waals surface area contributed by atoms with Crippen LogP contribution in [0.3, 0.4) is 0 Å². The molecule has 0 aromatic carbocycles. The lowest BCUT2D eigenvalue weighted by atomic mass is 9.89. The fourth-order valence-electron chi connectivity index (χ4n) is 2.60. The number of nitrogens with zero attached hydrogens (tertiary/aromatic N) is 1. The number of aromatic nitrogens is 2. The van der Waals surface area contributed by atoms with Crippen LogP contribution < -0.4 is 11.3 Å². The van der Waals surface area contributed by atoms with Crippen molar-refractivity contribution in [2.45, 2.75) is 30.8 Å². The third-order valence-corrected chi connectivity index (χ3v) is 3.73. The molecule has 9 nitrogen and oxygen atoms in total. The number of aliphatic hydroxyl groups is 3. The fraction of sp³-hybridized carbons (Fsp3) is 0.500. The van der Waals surface area contributed by atoms with Crippen LogP contribution >= 0.6 is 0 Å². The molecule has 4 atom stereocenters. The van der Waals surface area contributed by atoms with Gasteiger partial charge in [-0.25, -0.2) is 4.98 Å². The first-order valence-corrected chi connectivity index (χ1v) is 6.30. The molecule has 0 radical (unpaired) electrons. The highest BCUT2D eigenvalue weighted by Crippen LogP contribution is 2.43. The molecule has 1 fully saturated rings. The summed E-state index contributed by atoms with van der Waals surface area (Å²) in [6.07, 6.45) is -2.04. The standard InChI is InChI=1S/C12H15N3O6/c1-12(19)8(17)5(2-16)21-9(12)4-3-20-7-6(4)14-11(13)15-10(7)18/h3,5,8-9,16-17,19H,2H2,1H3,(H3,13,14,15,18)/t5-,8-,9+,12+/m1/s1. The summed E-state index contributed by atoms with van der Waals surface area (Å²) in [6.45, 7) is 0.910. The SMILES string of the molecule is C[C@]1(O)[C@H](O)[C@@H](CO)O[C@H]1c1coc2c(=O)[nH]c(N)nc12. The van der Waals surface area contributed by atoms with Crippen molar-refractivity contribution in [1.82, 2.24) is 9.97 Å². The molecule has 0 unspecified atom stereocenters. The van der Waals surface area contributed by atoms with Gasteiger partial charge < -0.3 is 30.2 Å². The number of aromatic amines is 1. The molecule has 2 aromatic heterocycles. The molecule has 6 N–H and O–H groups in total. The number of nitrogens with two attached hydrogens (primary N) is 1. The zero-order valence-corrected chi connectivity index (χ0v) is 11.1. The lowest BCUT2D eigenvalue weighted by Crippen LogP contribution is -2.42. The molecule has 0 bridgehead atoms. The first-order chi connectivity index (χ1) is 9.86. The molecule has 1 aliphatic rings. The van der Waals surface area contributed by atoms with Gasteiger partial charge in [0.2, 0.25) is 11.5 Å². The summed E-state index contributed by atoms with van der Waals surface area (Å²) in [5.74, 6) is -0.105. The Morgan fingerprint density at radius 1 is 1.57 bits per heavy atom. The molecule has 3 rings (SSSR count). The molecule has 9 heteroatoms. The average Bonchev–Trinajstić information content (AvgIpc) is 2.91. The first-order valence-electron chi connectivity index (χ1n) is 6.30. The van der Waals surface area contributed by atoms with Crippen molar-refractivity contribution >= 4 is 17.0 Å². The Balaban J connectivity index is 2.15. The maximum absolute atomic E-state index is 11.7. The van der Waals surface area contributed by atoms with Crippen molar-refractivity contribution in [3.8, 4) is 0 Å². The third kappa shape index (κ3) is 1.94. The van der Waals surface area contributed by atoms with Crippen LogP contribution in [0.15, 0.2) is 15.5 Å². The summed E-state index contributed by atoms with van der Waals surface area (Å²) in [5, 5.41) is 29.6. The van der Waals surface area contributed by atoms with Crippen LogP contribution in [-0.2, 0) is 4.74 Å². The number of hydrogen-bond donors (Lipinski definition) is 5. The molecule has 21 heavy (non-hydrogen) atoms. The highest BCUT2D eigenvalue weighted by Gasteiger charge is 2.53. The van der Waals surface area contributed by atoms with Crippen molar-refractivity contribution < 1.29 is 24.5 Å². The molecule has 3 heterocycles. The predicted molar refractivity (Wildman–Crippen MR) is 70.4 cm³/mol. The normalized spacial score (nSPS) is 32.9. The van der Waals surface area contributed by atoms with Gasteiger partial charge in [-0.15, -0.1) is 0 Å². The molecule has 0 aliphatic carbocycles. The van der Waals surface area contributed by atoms with Gasteiger partial charge in [-0.1, -0.05) is 0 Å². The molecular weight excluding hydrogens is 282 g/mol. The van der Waals surface area contributed by atoms with Crippen molar-refractivity contribution in [2.75, 3.05) is 12.3 Å². The molecule has 2 aromatic rings. The van der Waals surface area contributed by atoms with Crippen molar-refractivity contribution in [3.63, 3.8) is 0 Å². The minimum Gasteiger partial charge on any atom is -0.456 e. The van der Waals surface area contributed by atoms with E-state index in [4.69, 9.17) is 14.9 Å². The maximum Gasteiger partial charge on any atom is 0.295 e. The van der Waals surface area contributed by atoms with Gasteiger partial charge in [0.25, 0.3) is 5.56 Å². The average molecular weight is 297 g/mol. The van der Waals surface area contributed by atoms with E-state index >= 15 is 0 Å². The third-order valence-electron chi connectivity index (χ3n) is 3.73. The number of nitrogen functional groups attached to an aromatic ring is 1. The van der Waals surface area contributed by atoms with Crippen LogP contribution in [-0.4, -0.2) is 49.7 Å². The number of furan rings is 1. The van der Waals surface area contributed by atoms with Gasteiger partial charge in [-0.3, -0.25) is 9.78 Å². The highest BCUT2D eigenvalue weighted by molar-refractivity contribution is 5.77. The second-order valence-corrected chi connectivity index (χ2v) is 5.23. The van der Waals surface area contributed by atoms with Crippen LogP contribution in [0, 0.1) is 0 Å². The summed E-state index contributed by atoms with van der Waals surface area (Å²) >= 11 is 0. The largest absolute Gasteiger partial charge is 0.456 e. The topological polar surface area (TPSA) is 155 Å². The van der Waals surface area contributed by atoms with E-state index in [9.17, 15) is 20.1 Å². The number of hydrogen-bond acceptors (Lipinski definition) is 8. The van der Waals surface area contributed by atoms with Crippen LogP contribution in [0.1, 0.15) is 18.6 Å². The minimum atomic E-state index is -1.68. The number of aliphatic hydroxyl groups excluding tert-OH is 2. The van der Waals surface area contributed by atoms with Gasteiger partial charge in [-0.05, 0) is 6.92 Å². The van der Waals surface area contributed by atoms with E-state index in [1.165, 1.54) is 13.2 Å². The smallest absolute Gasteiger partial charge is 0.295 e. The Bertz CT molecular complexity index is 736. The van der Waals surface area contributed by atoms with Crippen LogP contribution in [0.25, 0.3) is 11.1 Å². The van der Waals surface area contributed by atoms with E-state index in [1.807, 2.05) is 0 Å². The van der Waals surface area contributed by atoms with Crippen molar-refractivity contribution in [1.29, 1.82) is 0 Å². The number of nitrogens with one attached hydrogen (secondary N) is 1. The van der Waals surface area contributed by atoms with Gasteiger partial charge in [0.1, 0.15) is 29.4 Å². The second-order valence-electron chi connectivity index (χ2n) is 5.23. The highest BCUT2D eigenvalue weighted by atomic mass is 16.6. The lowest BCUT2D eigenvalue weighted by Gasteiger charge is -2.25. The van der Waals surface area contributed by atoms with Crippen LogP contribution in [0.4, 0.5) is 5.95 Å². The summed E-state index contributed by atoms with van der Waals surface area (Å²) in [5.41, 5.74) is 3.64. The lowest BCUT2D eigenvalue weighted by molar-refractivity contribution is -0.0643. The van der Waals surface area contributed by atoms with Gasteiger partial charge in [0.15, 0.2) is 0 Å². The Morgan fingerprint density at radius 2 is 2.29 bits per heavy atom. The summed E-state index contributed by atoms with van der Waals surface area (Å²) in [7, 11) is 0. The number of H-pyrrole nitrogens is 1. The van der Waals surface area contributed by atoms with E-state index in [1.54, 1.807) is 0 Å². The zero-order valence-electron chi connectivity index (χ0n) is 11.1. The second kappa shape index (κ2) is 4.53. The Hall–Kier alpha value is -1.94. The number of anilines is 1. The van der Waals surface area contributed by atoms with Crippen molar-refractivity contribution in [2.24, 2.45) is 0 Å². The quantitative estimate of drug-likeness (QED) is 0.455. The van der Waals surface area contributed by atoms with Crippen LogP contribution in [0.5, 0.6) is 0 Å². The van der Waals surface area contributed by atoms with E-state index < -0.39 is 36.1 Å². The summed E-state index contributed by atoms with van der Waals surface area (Å²) in [6, 6.07) is 0. The Kier molecular flexibility index (Phi) is 3.02. The fourth-order valence-corrected chi connectivity index (χ4v) is 2.60. The monoisotopic (exact) mass is 297 g/mol. The van der Waals surface area contributed by atoms with E-state index in [-0.39, 0.29) is 22.6 Å². The number of rotatable bonds is 2. The minimum absolute atomic E-state index is 0.0551. The van der Waals surface area contributed by atoms with Crippen molar-refractivity contribution in [3.05, 3.63) is 22.2 Å². The summed E-state index contributed by atoms with van der Waals surface area (Å²) in [4.78, 5) is 18.0. The van der Waals surface area contributed by atoms with Gasteiger partial charge in [-0.2, -0.15) is 0 Å². The predicted octanol–water partition coefficient (Wildman–Crippen LogP) is -1.36. The molecule has 0 spiro atoms. The van der Waals surface area contributed by atoms with E-state index in [0.29, 0.717) is 0 Å². The van der Waals surface area contributed by atoms with Gasteiger partial charge >= 0.3 is 0 Å². The molecule has 1 aliphatic heterocycles. The van der Waals surface area contributed by atoms with E-state index in [2.05, 4.69) is 9.97 Å². The number of fused-ring (bicyclic) bond motifs is 1. The first kappa shape index (κ1) is 14.0. The maximum atomic E-state index is 11.7. The molecule has 0 saturated carbocycles. The van der Waals surface area contributed by atoms with Crippen LogP contribution in [0.2, 0.25) is 0 Å². The summed E-state index contributed by atoms with van der Waals surface area (Å²) < 4.78 is 10.6. The molecule has 114 valence electrons. The Morgan fingerprint density at radius 3 is 2.90 bits per heavy atom. The number of ether oxygens (including phenoxy) is 1. The molecule has 1 saturated heterocycles. The molecular formula is C12H15N3O6. The van der Waals surface area contributed by atoms with Gasteiger partial charge in [0, 0.05) is 5.56 Å². The zero-order chi connectivity index (χ0) is 15.4. The van der Waals surface area contributed by atoms with Gasteiger partial charge in [0.05, 0.1) is 12.9 Å². The van der Waals surface area contributed by atoms with E-state index in [0.717, 1.165) is 0 Å². The molecule has 0 amide bonds.